The second-order valence-electron chi connectivity index (χ2n) is 4.35. The zero-order chi connectivity index (χ0) is 14.0. The van der Waals surface area contributed by atoms with E-state index in [1.807, 2.05) is 0 Å². The monoisotopic (exact) mass is 368 g/mol. The molecule has 0 unspecified atom stereocenters. The van der Waals surface area contributed by atoms with Gasteiger partial charge in [0.1, 0.15) is 4.90 Å². The smallest absolute Gasteiger partial charge is 0.245 e. The Morgan fingerprint density at radius 1 is 1.37 bits per heavy atom. The van der Waals surface area contributed by atoms with Crippen LogP contribution in [0.2, 0.25) is 0 Å². The lowest BCUT2D eigenvalue weighted by molar-refractivity contribution is 0.196. The molecule has 1 saturated heterocycles. The van der Waals surface area contributed by atoms with Gasteiger partial charge in [-0.3, -0.25) is 0 Å². The van der Waals surface area contributed by atoms with Crippen molar-refractivity contribution in [2.24, 2.45) is 0 Å². The van der Waals surface area contributed by atoms with E-state index in [1.165, 1.54) is 15.6 Å². The number of thiophene rings is 1. The maximum atomic E-state index is 12.5. The molecule has 0 amide bonds. The van der Waals surface area contributed by atoms with Crippen LogP contribution in [0, 0.1) is 0 Å². The van der Waals surface area contributed by atoms with E-state index in [0.29, 0.717) is 21.8 Å². The Morgan fingerprint density at radius 2 is 2.00 bits per heavy atom. The van der Waals surface area contributed by atoms with Crippen LogP contribution in [-0.4, -0.2) is 55.5 Å². The topological polar surface area (TPSA) is 60.9 Å². The zero-order valence-corrected chi connectivity index (χ0v) is 13.9. The van der Waals surface area contributed by atoms with Gasteiger partial charge in [0.15, 0.2) is 0 Å². The number of likely N-dealkylation sites (N-methyl/N-ethyl adjacent to an activating group) is 1. The standard InChI is InChI=1S/C11H17BrN2O3S2/c1-2-13-3-5-14(6-4-13)19(16,17)10-7-9(8-15)18-11(10)12/h7,15H,2-6,8H2,1H3. The van der Waals surface area contributed by atoms with Gasteiger partial charge in [0.25, 0.3) is 0 Å². The summed E-state index contributed by atoms with van der Waals surface area (Å²) in [5, 5.41) is 9.09. The molecule has 0 atom stereocenters. The van der Waals surface area contributed by atoms with Crippen molar-refractivity contribution in [3.05, 3.63) is 14.7 Å². The summed E-state index contributed by atoms with van der Waals surface area (Å²) in [6, 6.07) is 1.55. The van der Waals surface area contributed by atoms with Crippen LogP contribution in [0.4, 0.5) is 0 Å². The Kier molecular flexibility index (Phi) is 5.02. The highest BCUT2D eigenvalue weighted by molar-refractivity contribution is 9.11. The molecule has 1 aromatic rings. The first-order chi connectivity index (χ1) is 8.98. The van der Waals surface area contributed by atoms with Crippen molar-refractivity contribution in [3.8, 4) is 0 Å². The highest BCUT2D eigenvalue weighted by atomic mass is 79.9. The van der Waals surface area contributed by atoms with Gasteiger partial charge in [-0.05, 0) is 28.5 Å². The first kappa shape index (κ1) is 15.4. The summed E-state index contributed by atoms with van der Waals surface area (Å²) in [4.78, 5) is 3.15. The van der Waals surface area contributed by atoms with E-state index in [0.717, 1.165) is 19.6 Å². The first-order valence-electron chi connectivity index (χ1n) is 6.10. The number of rotatable bonds is 4. The Bertz CT molecular complexity index is 536. The number of piperazine rings is 1. The van der Waals surface area contributed by atoms with Crippen molar-refractivity contribution in [1.29, 1.82) is 0 Å². The van der Waals surface area contributed by atoms with Gasteiger partial charge >= 0.3 is 0 Å². The lowest BCUT2D eigenvalue weighted by Crippen LogP contribution is -2.48. The van der Waals surface area contributed by atoms with Crippen molar-refractivity contribution in [2.45, 2.75) is 18.4 Å². The quantitative estimate of drug-likeness (QED) is 0.870. The molecule has 8 heteroatoms. The Morgan fingerprint density at radius 3 is 2.47 bits per heavy atom. The lowest BCUT2D eigenvalue weighted by atomic mass is 10.4. The fourth-order valence-electron chi connectivity index (χ4n) is 2.08. The van der Waals surface area contributed by atoms with Crippen LogP contribution >= 0.6 is 27.3 Å². The van der Waals surface area contributed by atoms with Gasteiger partial charge in [-0.2, -0.15) is 4.31 Å². The molecule has 0 aromatic carbocycles. The van der Waals surface area contributed by atoms with Gasteiger partial charge in [0.05, 0.1) is 10.4 Å². The van der Waals surface area contributed by atoms with Crippen LogP contribution in [0.3, 0.4) is 0 Å². The average Bonchev–Trinajstić information content (AvgIpc) is 2.81. The third-order valence-corrected chi connectivity index (χ3v) is 7.39. The maximum Gasteiger partial charge on any atom is 0.245 e. The average molecular weight is 369 g/mol. The van der Waals surface area contributed by atoms with E-state index in [9.17, 15) is 8.42 Å². The molecule has 0 spiro atoms. The number of aliphatic hydroxyl groups excluding tert-OH is 1. The first-order valence-corrected chi connectivity index (χ1v) is 9.15. The molecule has 1 aliphatic heterocycles. The molecule has 0 radical (unpaired) electrons. The van der Waals surface area contributed by atoms with Crippen LogP contribution in [0.15, 0.2) is 14.7 Å². The van der Waals surface area contributed by atoms with Crippen LogP contribution in [0.25, 0.3) is 0 Å². The van der Waals surface area contributed by atoms with Crippen LogP contribution in [0.1, 0.15) is 11.8 Å². The minimum absolute atomic E-state index is 0.137. The minimum atomic E-state index is -3.45. The van der Waals surface area contributed by atoms with E-state index >= 15 is 0 Å². The molecule has 1 aromatic heterocycles. The normalized spacial score (nSPS) is 18.9. The van der Waals surface area contributed by atoms with Gasteiger partial charge in [0, 0.05) is 31.1 Å². The minimum Gasteiger partial charge on any atom is -0.391 e. The number of hydrogen-bond donors (Lipinski definition) is 1. The number of nitrogens with zero attached hydrogens (tertiary/aromatic N) is 2. The Labute approximate surface area is 126 Å². The van der Waals surface area contributed by atoms with Crippen LogP contribution < -0.4 is 0 Å². The summed E-state index contributed by atoms with van der Waals surface area (Å²) in [7, 11) is -3.45. The molecular weight excluding hydrogens is 352 g/mol. The number of halogens is 1. The molecule has 0 bridgehead atoms. The largest absolute Gasteiger partial charge is 0.391 e. The van der Waals surface area contributed by atoms with Gasteiger partial charge in [-0.15, -0.1) is 11.3 Å². The summed E-state index contributed by atoms with van der Waals surface area (Å²) < 4.78 is 27.2. The summed E-state index contributed by atoms with van der Waals surface area (Å²) >= 11 is 4.54. The predicted molar refractivity (Wildman–Crippen MR) is 78.8 cm³/mol. The molecule has 0 saturated carbocycles. The fraction of sp³-hybridized carbons (Fsp3) is 0.636. The summed E-state index contributed by atoms with van der Waals surface area (Å²) in [6.07, 6.45) is 0. The van der Waals surface area contributed by atoms with Crippen molar-refractivity contribution in [3.63, 3.8) is 0 Å². The second kappa shape index (κ2) is 6.19. The molecule has 1 N–H and O–H groups in total. The molecule has 19 heavy (non-hydrogen) atoms. The zero-order valence-electron chi connectivity index (χ0n) is 10.7. The van der Waals surface area contributed by atoms with Gasteiger partial charge < -0.3 is 10.0 Å². The van der Waals surface area contributed by atoms with Crippen LogP contribution in [0.5, 0.6) is 0 Å². The van der Waals surface area contributed by atoms with E-state index in [-0.39, 0.29) is 11.5 Å². The Balaban J connectivity index is 2.20. The summed E-state index contributed by atoms with van der Waals surface area (Å²) in [5.41, 5.74) is 0. The highest BCUT2D eigenvalue weighted by Crippen LogP contribution is 2.33. The molecule has 1 aliphatic rings. The molecular formula is C11H17BrN2O3S2. The number of sulfonamides is 1. The highest BCUT2D eigenvalue weighted by Gasteiger charge is 2.30. The third kappa shape index (κ3) is 3.20. The van der Waals surface area contributed by atoms with Crippen LogP contribution in [-0.2, 0) is 16.6 Å². The maximum absolute atomic E-state index is 12.5. The molecule has 2 rings (SSSR count). The molecule has 0 aliphatic carbocycles. The van der Waals surface area contributed by atoms with Crippen molar-refractivity contribution >= 4 is 37.3 Å². The number of hydrogen-bond acceptors (Lipinski definition) is 5. The van der Waals surface area contributed by atoms with Gasteiger partial charge in [-0.1, -0.05) is 6.92 Å². The predicted octanol–water partition coefficient (Wildman–Crippen LogP) is 1.33. The van der Waals surface area contributed by atoms with Crippen molar-refractivity contribution in [1.82, 2.24) is 9.21 Å². The fourth-order valence-corrected chi connectivity index (χ4v) is 5.99. The van der Waals surface area contributed by atoms with E-state index in [1.54, 1.807) is 6.07 Å². The second-order valence-corrected chi connectivity index (χ2v) is 8.71. The lowest BCUT2D eigenvalue weighted by Gasteiger charge is -2.33. The SMILES string of the molecule is CCN1CCN(S(=O)(=O)c2cc(CO)sc2Br)CC1. The molecule has 2 heterocycles. The van der Waals surface area contributed by atoms with Crippen molar-refractivity contribution in [2.75, 3.05) is 32.7 Å². The molecule has 108 valence electrons. The Hall–Kier alpha value is 0.01000. The van der Waals surface area contributed by atoms with Gasteiger partial charge in [0.2, 0.25) is 10.0 Å². The molecule has 1 fully saturated rings. The summed E-state index contributed by atoms with van der Waals surface area (Å²) in [6.45, 7) is 5.47. The van der Waals surface area contributed by atoms with E-state index < -0.39 is 10.0 Å². The van der Waals surface area contributed by atoms with Crippen molar-refractivity contribution < 1.29 is 13.5 Å². The molecule has 5 nitrogen and oxygen atoms in total. The van der Waals surface area contributed by atoms with Gasteiger partial charge in [-0.25, -0.2) is 8.42 Å². The third-order valence-electron chi connectivity index (χ3n) is 3.26. The number of aliphatic hydroxyl groups is 1. The summed E-state index contributed by atoms with van der Waals surface area (Å²) in [5.74, 6) is 0. The van der Waals surface area contributed by atoms with E-state index in [4.69, 9.17) is 5.11 Å². The van der Waals surface area contributed by atoms with E-state index in [2.05, 4.69) is 27.8 Å².